The first-order valence-corrected chi connectivity index (χ1v) is 13.6. The van der Waals surface area contributed by atoms with Crippen LogP contribution in [0.15, 0.2) is 30.3 Å². The van der Waals surface area contributed by atoms with Crippen LogP contribution in [-0.4, -0.2) is 74.5 Å². The lowest BCUT2D eigenvalue weighted by molar-refractivity contribution is 0.0985. The molecule has 0 unspecified atom stereocenters. The molecular formula is C23H33N5O4S2. The molecule has 1 aromatic carbocycles. The topological polar surface area (TPSA) is 123 Å². The van der Waals surface area contributed by atoms with Gasteiger partial charge >= 0.3 is 0 Å². The third-order valence-electron chi connectivity index (χ3n) is 6.39. The van der Waals surface area contributed by atoms with E-state index in [1.165, 1.54) is 0 Å². The summed E-state index contributed by atoms with van der Waals surface area (Å²) in [5.74, 6) is 1.47. The van der Waals surface area contributed by atoms with E-state index in [1.54, 1.807) is 7.05 Å². The first-order chi connectivity index (χ1) is 16.3. The van der Waals surface area contributed by atoms with Crippen LogP contribution in [0.5, 0.6) is 0 Å². The van der Waals surface area contributed by atoms with E-state index in [4.69, 9.17) is 26.9 Å². The summed E-state index contributed by atoms with van der Waals surface area (Å²) in [6.45, 7) is 3.94. The van der Waals surface area contributed by atoms with Crippen LogP contribution < -0.4 is 15.5 Å². The highest BCUT2D eigenvalue weighted by Gasteiger charge is 2.56. The normalized spacial score (nSPS) is 20.0. The summed E-state index contributed by atoms with van der Waals surface area (Å²) in [5.41, 5.74) is 2.33. The van der Waals surface area contributed by atoms with Crippen molar-refractivity contribution in [3.63, 3.8) is 0 Å². The minimum absolute atomic E-state index is 0.0745. The highest BCUT2D eigenvalue weighted by molar-refractivity contribution is 8.25. The minimum atomic E-state index is -2.97. The molecule has 5 N–H and O–H groups in total. The largest absolute Gasteiger partial charge is 0.396 e. The molecule has 2 fully saturated rings. The summed E-state index contributed by atoms with van der Waals surface area (Å²) < 4.78 is 26.9. The van der Waals surface area contributed by atoms with Gasteiger partial charge in [-0.2, -0.15) is 10.6 Å². The molecule has 186 valence electrons. The molecule has 1 aliphatic heterocycles. The molecule has 1 aromatic heterocycles. The van der Waals surface area contributed by atoms with E-state index in [9.17, 15) is 14.2 Å². The number of aliphatic hydroxyl groups excluding tert-OH is 1. The third kappa shape index (κ3) is 5.14. The van der Waals surface area contributed by atoms with E-state index in [1.807, 2.05) is 30.3 Å². The molecule has 0 bridgehead atoms. The minimum Gasteiger partial charge on any atom is -0.396 e. The average molecular weight is 508 g/mol. The van der Waals surface area contributed by atoms with Gasteiger partial charge in [0.1, 0.15) is 10.6 Å². The molecule has 1 aliphatic carbocycles. The van der Waals surface area contributed by atoms with Crippen molar-refractivity contribution in [2.75, 3.05) is 49.4 Å². The second-order valence-corrected chi connectivity index (χ2v) is 11.7. The molecule has 34 heavy (non-hydrogen) atoms. The summed E-state index contributed by atoms with van der Waals surface area (Å²) in [6, 6.07) is 9.72. The van der Waals surface area contributed by atoms with Gasteiger partial charge in [-0.25, -0.2) is 9.97 Å². The molecule has 0 amide bonds. The zero-order chi connectivity index (χ0) is 24.3. The number of aliphatic hydroxyl groups is 1. The predicted octanol–water partition coefficient (Wildman–Crippen LogP) is 3.41. The van der Waals surface area contributed by atoms with Crippen LogP contribution in [0.4, 0.5) is 11.5 Å². The number of ether oxygens (including phenoxy) is 1. The van der Waals surface area contributed by atoms with Crippen molar-refractivity contribution in [1.29, 1.82) is 0 Å². The Morgan fingerprint density at radius 1 is 1.26 bits per heavy atom. The molecule has 2 aromatic rings. The van der Waals surface area contributed by atoms with Gasteiger partial charge in [-0.3, -0.25) is 9.11 Å². The first kappa shape index (κ1) is 25.1. The number of anilines is 2. The first-order valence-electron chi connectivity index (χ1n) is 11.5. The molecule has 9 nitrogen and oxygen atoms in total. The van der Waals surface area contributed by atoms with Crippen molar-refractivity contribution in [1.82, 2.24) is 15.3 Å². The summed E-state index contributed by atoms with van der Waals surface area (Å²) in [5, 5.41) is 15.8. The molecular weight excluding hydrogens is 474 g/mol. The number of nitrogens with one attached hydrogen (secondary N) is 2. The summed E-state index contributed by atoms with van der Waals surface area (Å²) >= 11 is 5.17. The van der Waals surface area contributed by atoms with Crippen LogP contribution >= 0.6 is 22.8 Å². The Bertz CT molecular complexity index is 1020. The Labute approximate surface area is 207 Å². The Balaban J connectivity index is 1.73. The van der Waals surface area contributed by atoms with E-state index < -0.39 is 15.3 Å². The Hall–Kier alpha value is -2.02. The zero-order valence-electron chi connectivity index (χ0n) is 19.5. The summed E-state index contributed by atoms with van der Waals surface area (Å²) in [6.07, 6.45) is 1.65. The molecule has 4 rings (SSSR count). The fraction of sp³-hybridized carbons (Fsp3) is 0.522. The number of thiocarbonyl (C=S) groups is 1. The van der Waals surface area contributed by atoms with Crippen LogP contribution in [0.1, 0.15) is 31.9 Å². The van der Waals surface area contributed by atoms with Crippen LogP contribution in [0.25, 0.3) is 11.4 Å². The summed E-state index contributed by atoms with van der Waals surface area (Å²) in [7, 11) is -1.21. The van der Waals surface area contributed by atoms with Crippen LogP contribution in [0, 0.1) is 0 Å². The van der Waals surface area contributed by atoms with Crippen LogP contribution in [-0.2, 0) is 9.48 Å². The van der Waals surface area contributed by atoms with Gasteiger partial charge in [0.05, 0.1) is 24.9 Å². The molecule has 2 aliphatic rings. The summed E-state index contributed by atoms with van der Waals surface area (Å²) in [4.78, 5) is 11.9. The van der Waals surface area contributed by atoms with Gasteiger partial charge in [0.25, 0.3) is 0 Å². The number of rotatable bonds is 8. The third-order valence-corrected chi connectivity index (χ3v) is 9.42. The predicted molar refractivity (Wildman–Crippen MR) is 141 cm³/mol. The van der Waals surface area contributed by atoms with Crippen LogP contribution in [0.3, 0.4) is 0 Å². The highest BCUT2D eigenvalue weighted by atomic mass is 32.3. The Morgan fingerprint density at radius 2 is 2.00 bits per heavy atom. The van der Waals surface area contributed by atoms with Crippen molar-refractivity contribution in [3.8, 4) is 11.4 Å². The van der Waals surface area contributed by atoms with E-state index in [0.717, 1.165) is 17.1 Å². The monoisotopic (exact) mass is 507 g/mol. The van der Waals surface area contributed by atoms with E-state index in [0.29, 0.717) is 55.7 Å². The van der Waals surface area contributed by atoms with Crippen molar-refractivity contribution in [2.45, 2.75) is 37.0 Å². The van der Waals surface area contributed by atoms with Gasteiger partial charge in [0.15, 0.2) is 10.9 Å². The van der Waals surface area contributed by atoms with Crippen molar-refractivity contribution >= 4 is 39.4 Å². The van der Waals surface area contributed by atoms with E-state index in [2.05, 4.69) is 22.5 Å². The smallest absolute Gasteiger partial charge is 0.170 e. The number of aromatic nitrogens is 2. The van der Waals surface area contributed by atoms with Crippen molar-refractivity contribution in [2.24, 2.45) is 0 Å². The number of nitrogens with zero attached hydrogens (tertiary/aromatic N) is 3. The second-order valence-electron chi connectivity index (χ2n) is 8.78. The van der Waals surface area contributed by atoms with Gasteiger partial charge in [-0.05, 0) is 62.7 Å². The van der Waals surface area contributed by atoms with E-state index >= 15 is 0 Å². The molecule has 0 radical (unpaired) electrons. The lowest BCUT2D eigenvalue weighted by Gasteiger charge is -2.41. The quantitative estimate of drug-likeness (QED) is 0.340. The lowest BCUT2D eigenvalue weighted by Crippen LogP contribution is -2.44. The number of hydrogen-bond acceptors (Lipinski definition) is 8. The zero-order valence-corrected chi connectivity index (χ0v) is 21.2. The molecule has 11 heteroatoms. The molecule has 1 atom stereocenters. The highest BCUT2D eigenvalue weighted by Crippen LogP contribution is 2.71. The SMILES string of the molecule is CNC(=S)Nc1ccc(-c2nc(N3CCOC[C@@H]3C)cc(C3(S(O)(O)CCCO)CC3)n2)cc1. The maximum absolute atomic E-state index is 11.1. The Morgan fingerprint density at radius 3 is 2.62 bits per heavy atom. The second kappa shape index (κ2) is 10.3. The Kier molecular flexibility index (Phi) is 7.60. The van der Waals surface area contributed by atoms with Gasteiger partial charge in [-0.15, -0.1) is 0 Å². The molecule has 0 spiro atoms. The van der Waals surface area contributed by atoms with Gasteiger partial charge in [0.2, 0.25) is 0 Å². The van der Waals surface area contributed by atoms with Crippen molar-refractivity contribution < 1.29 is 18.9 Å². The average Bonchev–Trinajstić information content (AvgIpc) is 3.66. The molecule has 1 saturated carbocycles. The number of morpholine rings is 1. The molecule has 2 heterocycles. The molecule has 1 saturated heterocycles. The fourth-order valence-electron chi connectivity index (χ4n) is 4.23. The van der Waals surface area contributed by atoms with E-state index in [-0.39, 0.29) is 18.4 Å². The number of hydrogen-bond donors (Lipinski definition) is 5. The van der Waals surface area contributed by atoms with Gasteiger partial charge in [0, 0.05) is 43.3 Å². The fourth-order valence-corrected chi connectivity index (χ4v) is 6.47. The standard InChI is InChI=1S/C23H33N5O4S2/c1-16-15-32-12-10-28(16)20-14-19(23(8-9-23)34(30,31)13-3-11-29)26-21(27-20)17-4-6-18(7-5-17)25-22(33)24-2/h4-7,14,16,29-31H,3,8-13,15H2,1-2H3,(H2,24,25,33)/t16-/m0/s1. The maximum atomic E-state index is 11.1. The van der Waals surface area contributed by atoms with Gasteiger partial charge in [-0.1, -0.05) is 0 Å². The lowest BCUT2D eigenvalue weighted by atomic mass is 10.1. The maximum Gasteiger partial charge on any atom is 0.170 e. The van der Waals surface area contributed by atoms with Crippen molar-refractivity contribution in [3.05, 3.63) is 36.0 Å². The van der Waals surface area contributed by atoms with Gasteiger partial charge < -0.3 is 25.4 Å². The number of benzene rings is 1. The van der Waals surface area contributed by atoms with Crippen LogP contribution in [0.2, 0.25) is 0 Å².